The Balaban J connectivity index is 2.09. The van der Waals surface area contributed by atoms with Gasteiger partial charge < -0.3 is 9.47 Å². The van der Waals surface area contributed by atoms with Crippen molar-refractivity contribution in [1.29, 1.82) is 5.26 Å². The molecule has 1 aliphatic heterocycles. The summed E-state index contributed by atoms with van der Waals surface area (Å²) in [5.41, 5.74) is -0.142. The minimum atomic E-state index is -5.65. The van der Waals surface area contributed by atoms with Gasteiger partial charge in [-0.3, -0.25) is 0 Å². The molecule has 118 valence electrons. The molecule has 3 nitrogen and oxygen atoms in total. The lowest BCUT2D eigenvalue weighted by Gasteiger charge is -2.33. The molecule has 0 unspecified atom stereocenters. The van der Waals surface area contributed by atoms with Gasteiger partial charge in [-0.05, 0) is 12.8 Å². The van der Waals surface area contributed by atoms with Gasteiger partial charge in [0.1, 0.15) is 0 Å². The third-order valence-corrected chi connectivity index (χ3v) is 3.80. The van der Waals surface area contributed by atoms with E-state index in [2.05, 4.69) is 0 Å². The number of rotatable bonds is 2. The molecule has 0 radical (unpaired) electrons. The number of halogens is 5. The minimum absolute atomic E-state index is 0.233. The van der Waals surface area contributed by atoms with E-state index in [-0.39, 0.29) is 12.8 Å². The summed E-state index contributed by atoms with van der Waals surface area (Å²) in [6.07, 6.45) is -6.05. The topological polar surface area (TPSA) is 42.2 Å². The van der Waals surface area contributed by atoms with E-state index < -0.39 is 29.9 Å². The van der Waals surface area contributed by atoms with Crippen molar-refractivity contribution in [2.24, 2.45) is 0 Å². The molecular formula is C13H14F5NO2. The van der Waals surface area contributed by atoms with Crippen molar-refractivity contribution >= 4 is 0 Å². The Kier molecular flexibility index (Phi) is 4.26. The van der Waals surface area contributed by atoms with Crippen molar-refractivity contribution in [3.05, 3.63) is 11.1 Å². The molecule has 0 bridgehead atoms. The fourth-order valence-electron chi connectivity index (χ4n) is 2.59. The van der Waals surface area contributed by atoms with Crippen molar-refractivity contribution in [1.82, 2.24) is 0 Å². The van der Waals surface area contributed by atoms with Crippen molar-refractivity contribution in [3.8, 4) is 6.07 Å². The van der Waals surface area contributed by atoms with E-state index in [4.69, 9.17) is 14.7 Å². The lowest BCUT2D eigenvalue weighted by Crippen LogP contribution is -2.37. The molecule has 0 aromatic rings. The molecule has 0 atom stereocenters. The van der Waals surface area contributed by atoms with Gasteiger partial charge in [-0.25, -0.2) is 0 Å². The zero-order valence-corrected chi connectivity index (χ0v) is 11.1. The summed E-state index contributed by atoms with van der Waals surface area (Å²) in [6, 6.07) is 1.50. The molecule has 0 aromatic carbocycles. The van der Waals surface area contributed by atoms with Crippen molar-refractivity contribution in [2.45, 2.75) is 50.0 Å². The van der Waals surface area contributed by atoms with Crippen LogP contribution < -0.4 is 0 Å². The number of allylic oxidation sites excluding steroid dienone is 2. The molecular weight excluding hydrogens is 297 g/mol. The van der Waals surface area contributed by atoms with Crippen LogP contribution in [0.1, 0.15) is 32.1 Å². The number of hydrogen-bond donors (Lipinski definition) is 0. The average Bonchev–Trinajstić information content (AvgIpc) is 2.84. The smallest absolute Gasteiger partial charge is 0.348 e. The van der Waals surface area contributed by atoms with Gasteiger partial charge in [0.2, 0.25) is 0 Å². The van der Waals surface area contributed by atoms with Crippen molar-refractivity contribution in [3.63, 3.8) is 0 Å². The van der Waals surface area contributed by atoms with E-state index in [1.807, 2.05) is 0 Å². The van der Waals surface area contributed by atoms with Gasteiger partial charge in [0.15, 0.2) is 5.79 Å². The first-order valence-electron chi connectivity index (χ1n) is 6.53. The molecule has 2 fully saturated rings. The molecule has 2 aliphatic rings. The summed E-state index contributed by atoms with van der Waals surface area (Å²) in [5.74, 6) is -5.64. The number of nitriles is 1. The molecule has 1 saturated heterocycles. The third-order valence-electron chi connectivity index (χ3n) is 3.80. The SMILES string of the molecule is N#CC(CC(F)(F)C(F)(F)F)=C1CCC2(CC1)OCCO2. The molecule has 1 aliphatic carbocycles. The van der Waals surface area contributed by atoms with Gasteiger partial charge in [0.05, 0.1) is 25.7 Å². The lowest BCUT2D eigenvalue weighted by molar-refractivity contribution is -0.280. The molecule has 1 saturated carbocycles. The monoisotopic (exact) mass is 311 g/mol. The molecule has 0 amide bonds. The Morgan fingerprint density at radius 2 is 1.62 bits per heavy atom. The van der Waals surface area contributed by atoms with Gasteiger partial charge in [0, 0.05) is 18.4 Å². The van der Waals surface area contributed by atoms with Gasteiger partial charge in [-0.1, -0.05) is 5.57 Å². The van der Waals surface area contributed by atoms with Crippen LogP contribution in [0, 0.1) is 11.3 Å². The summed E-state index contributed by atoms with van der Waals surface area (Å²) in [7, 11) is 0. The number of hydrogen-bond acceptors (Lipinski definition) is 3. The van der Waals surface area contributed by atoms with Crippen LogP contribution in [0.3, 0.4) is 0 Å². The molecule has 1 heterocycles. The Morgan fingerprint density at radius 3 is 2.05 bits per heavy atom. The first kappa shape index (κ1) is 16.2. The van der Waals surface area contributed by atoms with Gasteiger partial charge in [0.25, 0.3) is 0 Å². The Bertz CT molecular complexity index is 460. The van der Waals surface area contributed by atoms with Crippen LogP contribution in [0.2, 0.25) is 0 Å². The highest BCUT2D eigenvalue weighted by Crippen LogP contribution is 2.43. The van der Waals surface area contributed by atoms with Crippen LogP contribution in [0.4, 0.5) is 22.0 Å². The van der Waals surface area contributed by atoms with Crippen LogP contribution in [-0.2, 0) is 9.47 Å². The number of alkyl halides is 5. The zero-order valence-electron chi connectivity index (χ0n) is 11.1. The molecule has 2 rings (SSSR count). The van der Waals surface area contributed by atoms with Crippen LogP contribution in [-0.4, -0.2) is 31.1 Å². The number of nitrogens with zero attached hydrogens (tertiary/aromatic N) is 1. The van der Waals surface area contributed by atoms with Crippen LogP contribution in [0.25, 0.3) is 0 Å². The summed E-state index contributed by atoms with van der Waals surface area (Å²) in [5, 5.41) is 8.89. The fourth-order valence-corrected chi connectivity index (χ4v) is 2.59. The van der Waals surface area contributed by atoms with E-state index in [9.17, 15) is 22.0 Å². The second-order valence-electron chi connectivity index (χ2n) is 5.18. The van der Waals surface area contributed by atoms with E-state index in [0.717, 1.165) is 0 Å². The van der Waals surface area contributed by atoms with E-state index >= 15 is 0 Å². The summed E-state index contributed by atoms with van der Waals surface area (Å²) in [4.78, 5) is 0. The second kappa shape index (κ2) is 5.54. The van der Waals surface area contributed by atoms with E-state index in [1.165, 1.54) is 6.07 Å². The average molecular weight is 311 g/mol. The molecule has 0 aromatic heterocycles. The predicted octanol–water partition coefficient (Wildman–Crippen LogP) is 3.71. The third kappa shape index (κ3) is 3.35. The maximum atomic E-state index is 13.1. The summed E-state index contributed by atoms with van der Waals surface area (Å²) in [6.45, 7) is 0.882. The quantitative estimate of drug-likeness (QED) is 0.577. The molecule has 0 N–H and O–H groups in total. The summed E-state index contributed by atoms with van der Waals surface area (Å²) < 4.78 is 73.6. The highest BCUT2D eigenvalue weighted by atomic mass is 19.4. The highest BCUT2D eigenvalue weighted by molar-refractivity contribution is 5.30. The highest BCUT2D eigenvalue weighted by Gasteiger charge is 2.57. The first-order valence-corrected chi connectivity index (χ1v) is 6.53. The standard InChI is InChI=1S/C13H14F5NO2/c14-12(15,13(16,17)18)7-10(8-19)9-1-3-11(4-2-9)20-5-6-21-11/h1-7H2. The predicted molar refractivity (Wildman–Crippen MR) is 61.4 cm³/mol. The first-order chi connectivity index (χ1) is 9.69. The minimum Gasteiger partial charge on any atom is -0.348 e. The van der Waals surface area contributed by atoms with E-state index in [1.54, 1.807) is 0 Å². The molecule has 8 heteroatoms. The number of ether oxygens (including phenoxy) is 2. The second-order valence-corrected chi connectivity index (χ2v) is 5.18. The van der Waals surface area contributed by atoms with Gasteiger partial charge in [-0.15, -0.1) is 0 Å². The Morgan fingerprint density at radius 1 is 1.10 bits per heavy atom. The van der Waals surface area contributed by atoms with Crippen molar-refractivity contribution in [2.75, 3.05) is 13.2 Å². The normalized spacial score (nSPS) is 22.4. The Hall–Kier alpha value is -1.20. The largest absolute Gasteiger partial charge is 0.453 e. The lowest BCUT2D eigenvalue weighted by atomic mass is 9.85. The van der Waals surface area contributed by atoms with E-state index in [0.29, 0.717) is 31.6 Å². The van der Waals surface area contributed by atoms with Crippen LogP contribution in [0.5, 0.6) is 0 Å². The van der Waals surface area contributed by atoms with Gasteiger partial charge in [-0.2, -0.15) is 27.2 Å². The maximum absolute atomic E-state index is 13.1. The summed E-state index contributed by atoms with van der Waals surface area (Å²) >= 11 is 0. The van der Waals surface area contributed by atoms with Crippen LogP contribution in [0.15, 0.2) is 11.1 Å². The zero-order chi connectivity index (χ0) is 15.7. The Labute approximate surface area is 118 Å². The fraction of sp³-hybridized carbons (Fsp3) is 0.769. The maximum Gasteiger partial charge on any atom is 0.453 e. The van der Waals surface area contributed by atoms with Crippen molar-refractivity contribution < 1.29 is 31.4 Å². The molecule has 21 heavy (non-hydrogen) atoms. The van der Waals surface area contributed by atoms with Gasteiger partial charge >= 0.3 is 12.1 Å². The van der Waals surface area contributed by atoms with Crippen LogP contribution >= 0.6 is 0 Å². The molecule has 1 spiro atoms.